The van der Waals surface area contributed by atoms with Crippen LogP contribution in [0.5, 0.6) is 0 Å². The molecule has 27 heavy (non-hydrogen) atoms. The van der Waals surface area contributed by atoms with Crippen LogP contribution < -0.4 is 0 Å². The van der Waals surface area contributed by atoms with Crippen molar-refractivity contribution in [2.24, 2.45) is 0 Å². The zero-order valence-corrected chi connectivity index (χ0v) is 17.1. The first-order valence-electron chi connectivity index (χ1n) is 9.48. The van der Waals surface area contributed by atoms with E-state index in [1.807, 2.05) is 18.2 Å². The highest BCUT2D eigenvalue weighted by molar-refractivity contribution is 8.00. The molecule has 1 amide bonds. The quantitative estimate of drug-likeness (QED) is 0.436. The van der Waals surface area contributed by atoms with Gasteiger partial charge in [-0.05, 0) is 37.3 Å². The second kappa shape index (κ2) is 8.40. The largest absolute Gasteiger partial charge is 0.339 e. The lowest BCUT2D eigenvalue weighted by molar-refractivity contribution is -0.132. The van der Waals surface area contributed by atoms with E-state index in [0.29, 0.717) is 11.8 Å². The molecule has 1 saturated heterocycles. The predicted octanol–water partition coefficient (Wildman–Crippen LogP) is 5.24. The van der Waals surface area contributed by atoms with Crippen molar-refractivity contribution in [3.8, 4) is 10.4 Å². The third-order valence-electron chi connectivity index (χ3n) is 5.10. The average Bonchev–Trinajstić information content (AvgIpc) is 3.17. The van der Waals surface area contributed by atoms with Gasteiger partial charge in [-0.25, -0.2) is 9.97 Å². The van der Waals surface area contributed by atoms with E-state index in [0.717, 1.165) is 41.0 Å². The zero-order valence-electron chi connectivity index (χ0n) is 15.4. The number of carbonyl (C=O) groups excluding carboxylic acids is 1. The first kappa shape index (κ1) is 18.4. The van der Waals surface area contributed by atoms with Crippen LogP contribution in [-0.2, 0) is 4.79 Å². The minimum atomic E-state index is 0.233. The molecule has 1 fully saturated rings. The molecule has 1 aliphatic rings. The highest BCUT2D eigenvalue weighted by Gasteiger charge is 2.25. The second-order valence-corrected chi connectivity index (χ2v) is 8.80. The van der Waals surface area contributed by atoms with Gasteiger partial charge in [0.2, 0.25) is 5.91 Å². The van der Waals surface area contributed by atoms with Gasteiger partial charge in [-0.1, -0.05) is 49.0 Å². The summed E-state index contributed by atoms with van der Waals surface area (Å²) in [5.74, 6) is 0.677. The summed E-state index contributed by atoms with van der Waals surface area (Å²) in [7, 11) is 0. The summed E-state index contributed by atoms with van der Waals surface area (Å²) in [6, 6.07) is 12.9. The fraction of sp³-hybridized carbons (Fsp3) is 0.381. The molecule has 0 bridgehead atoms. The van der Waals surface area contributed by atoms with E-state index in [2.05, 4.69) is 40.0 Å². The number of aromatic nitrogens is 2. The Bertz CT molecular complexity index is 926. The van der Waals surface area contributed by atoms with Gasteiger partial charge in [-0.2, -0.15) is 0 Å². The number of benzene rings is 1. The molecule has 0 N–H and O–H groups in total. The molecule has 0 radical (unpaired) electrons. The van der Waals surface area contributed by atoms with Crippen LogP contribution in [0, 0.1) is 0 Å². The van der Waals surface area contributed by atoms with E-state index in [-0.39, 0.29) is 5.91 Å². The minimum Gasteiger partial charge on any atom is -0.339 e. The van der Waals surface area contributed by atoms with Gasteiger partial charge in [-0.3, -0.25) is 4.79 Å². The van der Waals surface area contributed by atoms with E-state index in [1.165, 1.54) is 28.6 Å². The molecule has 1 atom stereocenters. The van der Waals surface area contributed by atoms with Crippen LogP contribution in [0.25, 0.3) is 20.7 Å². The summed E-state index contributed by atoms with van der Waals surface area (Å²) in [4.78, 5) is 25.9. The fourth-order valence-corrected chi connectivity index (χ4v) is 5.59. The smallest absolute Gasteiger partial charge is 0.233 e. The molecular formula is C21H23N3OS2. The first-order valence-corrected chi connectivity index (χ1v) is 11.3. The maximum atomic E-state index is 12.8. The zero-order chi connectivity index (χ0) is 18.6. The standard InChI is InChI=1S/C21H23N3OS2/c1-2-16-10-6-7-11-24(16)19(25)13-26-20-17-12-18(15-8-4-3-5-9-15)27-21(17)23-14-22-20/h3-5,8-9,12,14,16H,2,6-7,10-11,13H2,1H3/t16-/m0/s1. The van der Waals surface area contributed by atoms with Crippen LogP contribution in [0.3, 0.4) is 0 Å². The number of fused-ring (bicyclic) bond motifs is 1. The van der Waals surface area contributed by atoms with Gasteiger partial charge < -0.3 is 4.90 Å². The third-order valence-corrected chi connectivity index (χ3v) is 7.18. The van der Waals surface area contributed by atoms with Gasteiger partial charge >= 0.3 is 0 Å². The Labute approximate surface area is 168 Å². The van der Waals surface area contributed by atoms with E-state index >= 15 is 0 Å². The van der Waals surface area contributed by atoms with Gasteiger partial charge in [-0.15, -0.1) is 11.3 Å². The topological polar surface area (TPSA) is 46.1 Å². The third kappa shape index (κ3) is 4.01. The van der Waals surface area contributed by atoms with E-state index in [1.54, 1.807) is 17.7 Å². The van der Waals surface area contributed by atoms with Crippen molar-refractivity contribution in [3.05, 3.63) is 42.7 Å². The lowest BCUT2D eigenvalue weighted by atomic mass is 10.0. The summed E-state index contributed by atoms with van der Waals surface area (Å²) in [6.45, 7) is 3.07. The lowest BCUT2D eigenvalue weighted by Crippen LogP contribution is -2.44. The molecule has 0 unspecified atom stereocenters. The molecule has 1 aliphatic heterocycles. The Hall–Kier alpha value is -1.92. The minimum absolute atomic E-state index is 0.233. The molecule has 6 heteroatoms. The van der Waals surface area contributed by atoms with Crippen molar-refractivity contribution in [1.82, 2.24) is 14.9 Å². The Morgan fingerprint density at radius 1 is 1.26 bits per heavy atom. The van der Waals surface area contributed by atoms with Crippen LogP contribution in [0.2, 0.25) is 0 Å². The number of thioether (sulfide) groups is 1. The number of nitrogens with zero attached hydrogens (tertiary/aromatic N) is 3. The molecular weight excluding hydrogens is 374 g/mol. The van der Waals surface area contributed by atoms with Gasteiger partial charge in [0.05, 0.1) is 5.75 Å². The summed E-state index contributed by atoms with van der Waals surface area (Å²) >= 11 is 3.21. The first-order chi connectivity index (χ1) is 13.3. The second-order valence-electron chi connectivity index (χ2n) is 6.81. The number of carbonyl (C=O) groups is 1. The average molecular weight is 398 g/mol. The van der Waals surface area contributed by atoms with Gasteiger partial charge in [0.25, 0.3) is 0 Å². The molecule has 140 valence electrons. The molecule has 3 aromatic rings. The molecule has 4 nitrogen and oxygen atoms in total. The van der Waals surface area contributed by atoms with Gasteiger partial charge in [0.1, 0.15) is 16.2 Å². The SMILES string of the molecule is CC[C@H]1CCCCN1C(=O)CSc1ncnc2sc(-c3ccccc3)cc12. The van der Waals surface area contributed by atoms with Crippen LogP contribution in [0.15, 0.2) is 47.8 Å². The van der Waals surface area contributed by atoms with Crippen molar-refractivity contribution >= 4 is 39.2 Å². The Morgan fingerprint density at radius 3 is 2.93 bits per heavy atom. The maximum absolute atomic E-state index is 12.8. The number of rotatable bonds is 5. The monoisotopic (exact) mass is 397 g/mol. The van der Waals surface area contributed by atoms with Gasteiger partial charge in [0.15, 0.2) is 0 Å². The molecule has 2 aromatic heterocycles. The normalized spacial score (nSPS) is 17.4. The van der Waals surface area contributed by atoms with Crippen molar-refractivity contribution in [3.63, 3.8) is 0 Å². The fourth-order valence-electron chi connectivity index (χ4n) is 3.66. The number of hydrogen-bond acceptors (Lipinski definition) is 5. The van der Waals surface area contributed by atoms with Crippen LogP contribution >= 0.6 is 23.1 Å². The summed E-state index contributed by atoms with van der Waals surface area (Å²) in [5, 5.41) is 1.95. The number of piperidine rings is 1. The molecule has 4 rings (SSSR count). The number of likely N-dealkylation sites (tertiary alicyclic amines) is 1. The highest BCUT2D eigenvalue weighted by atomic mass is 32.2. The predicted molar refractivity (Wildman–Crippen MR) is 113 cm³/mol. The van der Waals surface area contributed by atoms with Gasteiger partial charge in [0, 0.05) is 22.8 Å². The van der Waals surface area contributed by atoms with E-state index in [9.17, 15) is 4.79 Å². The van der Waals surface area contributed by atoms with E-state index < -0.39 is 0 Å². The number of amides is 1. The highest BCUT2D eigenvalue weighted by Crippen LogP contribution is 2.36. The van der Waals surface area contributed by atoms with Crippen LogP contribution in [-0.4, -0.2) is 39.1 Å². The molecule has 0 spiro atoms. The van der Waals surface area contributed by atoms with Crippen LogP contribution in [0.1, 0.15) is 32.6 Å². The molecule has 0 aliphatic carbocycles. The summed E-state index contributed by atoms with van der Waals surface area (Å²) < 4.78 is 0. The molecule has 1 aromatic carbocycles. The van der Waals surface area contributed by atoms with Crippen LogP contribution in [0.4, 0.5) is 0 Å². The number of hydrogen-bond donors (Lipinski definition) is 0. The van der Waals surface area contributed by atoms with Crippen molar-refractivity contribution < 1.29 is 4.79 Å². The lowest BCUT2D eigenvalue weighted by Gasteiger charge is -2.35. The van der Waals surface area contributed by atoms with E-state index in [4.69, 9.17) is 0 Å². The van der Waals surface area contributed by atoms with Crippen molar-refractivity contribution in [2.45, 2.75) is 43.7 Å². The Balaban J connectivity index is 1.52. The summed E-state index contributed by atoms with van der Waals surface area (Å²) in [6.07, 6.45) is 6.14. The molecule has 0 saturated carbocycles. The van der Waals surface area contributed by atoms with Crippen molar-refractivity contribution in [2.75, 3.05) is 12.3 Å². The number of thiophene rings is 1. The maximum Gasteiger partial charge on any atom is 0.233 e. The Kier molecular flexibility index (Phi) is 5.74. The summed E-state index contributed by atoms with van der Waals surface area (Å²) in [5.41, 5.74) is 1.19. The molecule has 3 heterocycles. The van der Waals surface area contributed by atoms with Crippen molar-refractivity contribution in [1.29, 1.82) is 0 Å². The Morgan fingerprint density at radius 2 is 2.11 bits per heavy atom.